The Morgan fingerprint density at radius 3 is 2.42 bits per heavy atom. The number of aromatic nitrogens is 2. The fraction of sp³-hybridized carbons (Fsp3) is 0.167. The summed E-state index contributed by atoms with van der Waals surface area (Å²) in [6.07, 6.45) is 0. The third-order valence-electron chi connectivity index (χ3n) is 1.10. The maximum atomic E-state index is 11.9. The molecule has 1 heterocycles. The molecule has 0 unspecified atom stereocenters. The molecule has 6 heteroatoms. The Bertz CT molecular complexity index is 314. The normalized spacial score (nSPS) is 7.92. The van der Waals surface area contributed by atoms with Crippen LogP contribution in [0.5, 0.6) is 0 Å². The van der Waals surface area contributed by atoms with Crippen molar-refractivity contribution in [3.63, 3.8) is 0 Å². The van der Waals surface area contributed by atoms with Gasteiger partial charge in [-0.3, -0.25) is 0 Å². The van der Waals surface area contributed by atoms with Gasteiger partial charge >= 0.3 is 18.9 Å². The van der Waals surface area contributed by atoms with Gasteiger partial charge in [0.15, 0.2) is 11.4 Å². The van der Waals surface area contributed by atoms with Crippen molar-refractivity contribution in [2.45, 2.75) is 6.67 Å². The summed E-state index contributed by atoms with van der Waals surface area (Å²) >= 11 is 0. The topological polar surface area (TPSA) is 76.3 Å². The molecular formula is C6H4FLiN4. The van der Waals surface area contributed by atoms with Gasteiger partial charge in [0.05, 0.1) is 0 Å². The van der Waals surface area contributed by atoms with E-state index in [1.807, 2.05) is 0 Å². The molecule has 0 atom stereocenters. The molecule has 12 heavy (non-hydrogen) atoms. The van der Waals surface area contributed by atoms with Gasteiger partial charge in [0.1, 0.15) is 24.6 Å². The van der Waals surface area contributed by atoms with Crippen LogP contribution in [0.3, 0.4) is 0 Å². The van der Waals surface area contributed by atoms with Gasteiger partial charge in [0.2, 0.25) is 0 Å². The molecule has 56 valence electrons. The summed E-state index contributed by atoms with van der Waals surface area (Å²) in [6.45, 7) is -0.795. The van der Waals surface area contributed by atoms with Crippen molar-refractivity contribution < 1.29 is 4.39 Å². The van der Waals surface area contributed by atoms with Crippen LogP contribution in [-0.4, -0.2) is 28.8 Å². The Balaban J connectivity index is 0.00000121. The van der Waals surface area contributed by atoms with Crippen molar-refractivity contribution in [3.8, 4) is 12.1 Å². The average Bonchev–Trinajstić information content (AvgIpc) is 2.46. The minimum atomic E-state index is -0.795. The number of nitriles is 2. The van der Waals surface area contributed by atoms with E-state index in [4.69, 9.17) is 10.5 Å². The first kappa shape index (κ1) is 10.7. The number of imidazole rings is 1. The van der Waals surface area contributed by atoms with Crippen molar-refractivity contribution in [1.82, 2.24) is 9.97 Å². The monoisotopic (exact) mass is 158 g/mol. The number of halogens is 1. The zero-order valence-electron chi connectivity index (χ0n) is 5.43. The molecule has 0 bridgehead atoms. The zero-order valence-corrected chi connectivity index (χ0v) is 5.43. The second kappa shape index (κ2) is 4.57. The summed E-state index contributed by atoms with van der Waals surface area (Å²) in [5.41, 5.74) is -0.0414. The Kier molecular flexibility index (Phi) is 4.08. The van der Waals surface area contributed by atoms with Crippen LogP contribution in [0, 0.1) is 22.7 Å². The van der Waals surface area contributed by atoms with Crippen LogP contribution in [0.25, 0.3) is 0 Å². The first-order valence-corrected chi connectivity index (χ1v) is 2.77. The Labute approximate surface area is 80.2 Å². The molecule has 0 aliphatic rings. The van der Waals surface area contributed by atoms with Crippen molar-refractivity contribution in [1.29, 1.82) is 10.5 Å². The third-order valence-corrected chi connectivity index (χ3v) is 1.10. The number of nitrogens with zero attached hydrogens (tertiary/aromatic N) is 3. The van der Waals surface area contributed by atoms with E-state index in [1.165, 1.54) is 0 Å². The molecule has 0 radical (unpaired) electrons. The molecule has 1 aromatic rings. The van der Waals surface area contributed by atoms with Gasteiger partial charge in [0, 0.05) is 0 Å². The predicted molar refractivity (Wildman–Crippen MR) is 40.0 cm³/mol. The Hall–Kier alpha value is -1.28. The minimum absolute atomic E-state index is 0. The van der Waals surface area contributed by atoms with Crippen molar-refractivity contribution >= 4 is 18.9 Å². The van der Waals surface area contributed by atoms with Crippen LogP contribution >= 0.6 is 0 Å². The van der Waals surface area contributed by atoms with E-state index in [0.717, 1.165) is 0 Å². The number of nitrogens with one attached hydrogen (secondary N) is 1. The molecule has 0 aromatic carbocycles. The second-order valence-corrected chi connectivity index (χ2v) is 1.76. The third kappa shape index (κ3) is 1.86. The van der Waals surface area contributed by atoms with E-state index in [0.29, 0.717) is 0 Å². The van der Waals surface area contributed by atoms with Gasteiger partial charge in [-0.1, -0.05) is 0 Å². The van der Waals surface area contributed by atoms with E-state index in [2.05, 4.69) is 9.97 Å². The van der Waals surface area contributed by atoms with Gasteiger partial charge < -0.3 is 4.98 Å². The van der Waals surface area contributed by atoms with Gasteiger partial charge in [0.25, 0.3) is 0 Å². The Morgan fingerprint density at radius 1 is 1.42 bits per heavy atom. The van der Waals surface area contributed by atoms with Crippen LogP contribution in [-0.2, 0) is 6.67 Å². The van der Waals surface area contributed by atoms with Crippen LogP contribution in [0.15, 0.2) is 0 Å². The summed E-state index contributed by atoms with van der Waals surface area (Å²) in [4.78, 5) is 5.87. The molecule has 0 saturated carbocycles. The van der Waals surface area contributed by atoms with E-state index >= 15 is 0 Å². The van der Waals surface area contributed by atoms with Gasteiger partial charge in [-0.05, 0) is 0 Å². The van der Waals surface area contributed by atoms with Crippen molar-refractivity contribution in [2.75, 3.05) is 0 Å². The number of H-pyrrole nitrogens is 1. The fourth-order valence-electron chi connectivity index (χ4n) is 0.647. The summed E-state index contributed by atoms with van der Waals surface area (Å²) in [5, 5.41) is 16.7. The van der Waals surface area contributed by atoms with Gasteiger partial charge in [-0.15, -0.1) is 0 Å². The van der Waals surface area contributed by atoms with Crippen molar-refractivity contribution in [3.05, 3.63) is 17.2 Å². The van der Waals surface area contributed by atoms with E-state index in [1.54, 1.807) is 12.1 Å². The molecular weight excluding hydrogens is 154 g/mol. The average molecular weight is 158 g/mol. The SMILES string of the molecule is N#Cc1nc(CF)[nH]c1C#N.[LiH]. The molecule has 0 aliphatic carbocycles. The first-order valence-electron chi connectivity index (χ1n) is 2.77. The fourth-order valence-corrected chi connectivity index (χ4v) is 0.647. The summed E-state index contributed by atoms with van der Waals surface area (Å²) < 4.78 is 11.9. The number of alkyl halides is 1. The van der Waals surface area contributed by atoms with E-state index in [-0.39, 0.29) is 36.1 Å². The predicted octanol–water partition coefficient (Wildman–Crippen LogP) is -0.0259. The quantitative estimate of drug-likeness (QED) is 0.583. The van der Waals surface area contributed by atoms with E-state index in [9.17, 15) is 4.39 Å². The standard InChI is InChI=1S/C6H3FN4.Li.H/c7-1-6-10-4(2-8)5(3-9)11-6;;/h1H2,(H,10,11);;. The summed E-state index contributed by atoms with van der Waals surface area (Å²) in [7, 11) is 0. The van der Waals surface area contributed by atoms with Crippen molar-refractivity contribution in [2.24, 2.45) is 0 Å². The van der Waals surface area contributed by atoms with Crippen LogP contribution < -0.4 is 0 Å². The van der Waals surface area contributed by atoms with Gasteiger partial charge in [-0.25, -0.2) is 9.37 Å². The first-order chi connectivity index (χ1) is 5.31. The number of rotatable bonds is 1. The molecule has 4 nitrogen and oxygen atoms in total. The molecule has 0 aliphatic heterocycles. The Morgan fingerprint density at radius 2 is 2.08 bits per heavy atom. The molecule has 1 N–H and O–H groups in total. The number of hydrogen-bond donors (Lipinski definition) is 1. The molecule has 0 saturated heterocycles. The summed E-state index contributed by atoms with van der Waals surface area (Å²) in [6, 6.07) is 3.36. The molecule has 1 rings (SSSR count). The number of aromatic amines is 1. The van der Waals surface area contributed by atoms with Gasteiger partial charge in [-0.2, -0.15) is 10.5 Å². The maximum absolute atomic E-state index is 11.9. The van der Waals surface area contributed by atoms with E-state index < -0.39 is 6.67 Å². The molecule has 1 aromatic heterocycles. The summed E-state index contributed by atoms with van der Waals surface area (Å²) in [5.74, 6) is 0.0121. The molecule has 0 fully saturated rings. The van der Waals surface area contributed by atoms with Crippen LogP contribution in [0.4, 0.5) is 4.39 Å². The molecule has 0 spiro atoms. The second-order valence-electron chi connectivity index (χ2n) is 1.76. The van der Waals surface area contributed by atoms with Crippen LogP contribution in [0.2, 0.25) is 0 Å². The molecule has 0 amide bonds. The zero-order chi connectivity index (χ0) is 8.27. The van der Waals surface area contributed by atoms with Crippen LogP contribution in [0.1, 0.15) is 17.2 Å². The number of hydrogen-bond acceptors (Lipinski definition) is 3.